The van der Waals surface area contributed by atoms with E-state index in [-0.39, 0.29) is 27.6 Å². The van der Waals surface area contributed by atoms with E-state index in [1.54, 1.807) is 0 Å². The minimum Gasteiger partial charge on any atom is -0.503 e. The van der Waals surface area contributed by atoms with E-state index in [1.807, 2.05) is 0 Å². The molecule has 1 saturated carbocycles. The molecule has 4 heterocycles. The van der Waals surface area contributed by atoms with E-state index in [2.05, 4.69) is 31.4 Å². The second-order valence-electron chi connectivity index (χ2n) is 9.07. The third kappa shape index (κ3) is 6.65. The Balaban J connectivity index is 0.000000802. The van der Waals surface area contributed by atoms with Crippen molar-refractivity contribution in [2.24, 2.45) is 5.92 Å². The average Bonchev–Trinajstić information content (AvgIpc) is 3.70. The number of rotatable bonds is 7. The van der Waals surface area contributed by atoms with Crippen LogP contribution in [0.25, 0.3) is 16.9 Å². The maximum absolute atomic E-state index is 13.5. The molecule has 0 atom stereocenters. The van der Waals surface area contributed by atoms with Crippen molar-refractivity contribution in [2.75, 3.05) is 12.4 Å². The second kappa shape index (κ2) is 12.7. The molecular formula is C26H21BF2N6O8S. The van der Waals surface area contributed by atoms with Crippen molar-refractivity contribution < 1.29 is 43.8 Å². The van der Waals surface area contributed by atoms with Crippen LogP contribution < -0.4 is 21.1 Å². The number of aromatic nitrogens is 5. The van der Waals surface area contributed by atoms with Crippen LogP contribution in [0.15, 0.2) is 34.8 Å². The molecule has 0 bridgehead atoms. The third-order valence-corrected chi connectivity index (χ3v) is 6.69. The number of nitrogens with zero attached hydrogens (tertiary/aromatic N) is 5. The van der Waals surface area contributed by atoms with E-state index >= 15 is 0 Å². The van der Waals surface area contributed by atoms with Gasteiger partial charge in [-0.05, 0) is 30.4 Å². The summed E-state index contributed by atoms with van der Waals surface area (Å²) >= 11 is 0.982. The van der Waals surface area contributed by atoms with Crippen LogP contribution in [0.2, 0.25) is 0 Å². The number of carbonyl (C=O) groups is 1. The van der Waals surface area contributed by atoms with E-state index in [9.17, 15) is 43.9 Å². The topological polar surface area (TPSA) is 213 Å². The van der Waals surface area contributed by atoms with Gasteiger partial charge in [0.15, 0.2) is 11.6 Å². The maximum atomic E-state index is 13.5. The lowest BCUT2D eigenvalue weighted by Gasteiger charge is -2.21. The molecule has 0 aliphatic heterocycles. The molecule has 1 amide bonds. The number of ether oxygens (including phenoxy) is 1. The molecule has 14 nitrogen and oxygen atoms in total. The van der Waals surface area contributed by atoms with Crippen molar-refractivity contribution in [3.05, 3.63) is 57.2 Å². The van der Waals surface area contributed by atoms with Crippen molar-refractivity contribution >= 4 is 35.7 Å². The number of methoxy groups -OCH3 is 1. The van der Waals surface area contributed by atoms with Gasteiger partial charge in [-0.1, -0.05) is 11.3 Å². The smallest absolute Gasteiger partial charge is 0.307 e. The van der Waals surface area contributed by atoms with Crippen LogP contribution in [-0.2, 0) is 5.97 Å². The van der Waals surface area contributed by atoms with Crippen molar-refractivity contribution in [2.45, 2.75) is 25.2 Å². The first kappa shape index (κ1) is 32.0. The van der Waals surface area contributed by atoms with Gasteiger partial charge in [-0.3, -0.25) is 19.9 Å². The highest BCUT2D eigenvalue weighted by molar-refractivity contribution is 7.13. The van der Waals surface area contributed by atoms with Gasteiger partial charge in [0.05, 0.1) is 24.4 Å². The summed E-state index contributed by atoms with van der Waals surface area (Å²) in [6.45, 7) is 0. The number of alkyl halides is 2. The third-order valence-electron chi connectivity index (χ3n) is 6.08. The highest BCUT2D eigenvalue weighted by atomic mass is 32.1. The lowest BCUT2D eigenvalue weighted by Crippen LogP contribution is -2.37. The van der Waals surface area contributed by atoms with E-state index in [0.717, 1.165) is 35.9 Å². The zero-order valence-corrected chi connectivity index (χ0v) is 23.3. The number of hydrogen-bond donors (Lipinski definition) is 6. The minimum atomic E-state index is -3.80. The molecule has 18 heteroatoms. The summed E-state index contributed by atoms with van der Waals surface area (Å²) in [6.07, 6.45) is 6.42. The second-order valence-corrected chi connectivity index (χ2v) is 9.91. The Morgan fingerprint density at radius 3 is 2.45 bits per heavy atom. The van der Waals surface area contributed by atoms with E-state index in [1.165, 1.54) is 25.5 Å². The fourth-order valence-corrected chi connectivity index (χ4v) is 4.22. The largest absolute Gasteiger partial charge is 0.503 e. The number of anilines is 1. The highest BCUT2D eigenvalue weighted by Crippen LogP contribution is 2.36. The van der Waals surface area contributed by atoms with Gasteiger partial charge in [0.1, 0.15) is 30.6 Å². The first-order chi connectivity index (χ1) is 20.8. The Bertz CT molecular complexity index is 1800. The lowest BCUT2D eigenvalue weighted by atomic mass is 9.89. The van der Waals surface area contributed by atoms with Crippen molar-refractivity contribution in [1.82, 2.24) is 24.7 Å². The quantitative estimate of drug-likeness (QED) is 0.0949. The number of carbonyl (C=O) groups excluding carboxylic acids is 1. The average molecular weight is 626 g/mol. The molecule has 4 aromatic rings. The zero-order chi connectivity index (χ0) is 32.3. The molecule has 44 heavy (non-hydrogen) atoms. The monoisotopic (exact) mass is 626 g/mol. The van der Waals surface area contributed by atoms with Gasteiger partial charge in [-0.25, -0.2) is 18.3 Å². The number of aliphatic hydroxyl groups is 3. The molecule has 0 saturated heterocycles. The van der Waals surface area contributed by atoms with Crippen LogP contribution in [0.5, 0.6) is 17.4 Å². The van der Waals surface area contributed by atoms with Gasteiger partial charge in [-0.15, -0.1) is 22.5 Å². The van der Waals surface area contributed by atoms with Gasteiger partial charge < -0.3 is 30.3 Å². The molecule has 1 aliphatic carbocycles. The predicted octanol–water partition coefficient (Wildman–Crippen LogP) is 0.666. The van der Waals surface area contributed by atoms with Gasteiger partial charge in [0.25, 0.3) is 12.3 Å². The fraction of sp³-hybridized carbons (Fsp3) is 0.231. The van der Waals surface area contributed by atoms with Crippen molar-refractivity contribution in [3.63, 3.8) is 0 Å². The molecule has 0 unspecified atom stereocenters. The van der Waals surface area contributed by atoms with E-state index in [4.69, 9.17) is 19.0 Å². The maximum Gasteiger partial charge on any atom is 0.307 e. The van der Waals surface area contributed by atoms with Crippen LogP contribution in [0.3, 0.4) is 0 Å². The zero-order valence-electron chi connectivity index (χ0n) is 22.5. The first-order valence-electron chi connectivity index (χ1n) is 12.3. The SMILES string of the molecule is C#CC1CC1.[B]c1c(C(O)(O)O)c(O)c(=O)n(-c2cc(-c3cc(C(F)F)ncc3OC)c(C(=O)Nc3nncs3)cn2)c1O. The minimum absolute atomic E-state index is 0.0681. The molecule has 0 aromatic carbocycles. The number of pyridine rings is 3. The Labute approximate surface area is 251 Å². The normalized spacial score (nSPS) is 12.7. The van der Waals surface area contributed by atoms with E-state index in [0.29, 0.717) is 10.5 Å². The number of hydrogen-bond acceptors (Lipinski definition) is 13. The van der Waals surface area contributed by atoms with Crippen LogP contribution in [-0.4, -0.2) is 71.1 Å². The molecule has 1 aliphatic rings. The summed E-state index contributed by atoms with van der Waals surface area (Å²) in [6, 6.07) is 1.94. The summed E-state index contributed by atoms with van der Waals surface area (Å²) in [4.78, 5) is 33.5. The summed E-state index contributed by atoms with van der Waals surface area (Å²) in [5.41, 5.74) is -3.66. The van der Waals surface area contributed by atoms with Gasteiger partial charge in [0, 0.05) is 23.2 Å². The van der Waals surface area contributed by atoms with Crippen LogP contribution in [0, 0.1) is 18.3 Å². The Morgan fingerprint density at radius 1 is 1.23 bits per heavy atom. The molecule has 226 valence electrons. The van der Waals surface area contributed by atoms with Crippen LogP contribution in [0.4, 0.5) is 13.9 Å². The number of halogens is 2. The molecule has 0 spiro atoms. The Morgan fingerprint density at radius 2 is 1.93 bits per heavy atom. The molecule has 2 radical (unpaired) electrons. The Hall–Kier alpha value is -4.96. The number of nitrogens with one attached hydrogen (secondary N) is 1. The van der Waals surface area contributed by atoms with Gasteiger partial charge >= 0.3 is 11.5 Å². The summed E-state index contributed by atoms with van der Waals surface area (Å²) < 4.78 is 32.5. The van der Waals surface area contributed by atoms with Crippen LogP contribution >= 0.6 is 11.3 Å². The van der Waals surface area contributed by atoms with E-state index < -0.39 is 58.0 Å². The molecule has 6 N–H and O–H groups in total. The predicted molar refractivity (Wildman–Crippen MR) is 151 cm³/mol. The summed E-state index contributed by atoms with van der Waals surface area (Å²) in [5.74, 6) is -4.54. The van der Waals surface area contributed by atoms with Crippen molar-refractivity contribution in [1.29, 1.82) is 0 Å². The highest BCUT2D eigenvalue weighted by Gasteiger charge is 2.33. The lowest BCUT2D eigenvalue weighted by molar-refractivity contribution is -0.323. The number of aromatic hydroxyl groups is 2. The summed E-state index contributed by atoms with van der Waals surface area (Å²) in [7, 11) is 6.83. The summed E-state index contributed by atoms with van der Waals surface area (Å²) in [5, 5.41) is 58.9. The molecule has 1 fully saturated rings. The fourth-order valence-electron chi connectivity index (χ4n) is 3.78. The van der Waals surface area contributed by atoms with Crippen molar-refractivity contribution in [3.8, 4) is 46.7 Å². The number of amides is 1. The molecule has 4 aromatic heterocycles. The Kier molecular flexibility index (Phi) is 9.25. The standard InChI is InChI=1S/C21H15BF2N6O8S.C5H6/c1-38-11-5-25-10(16(23)24)2-8(11)7-3-12(26-4-9(7)17(32)28-20-29-27-6-39-20)30-18(33)14(22)13(21(35,36)37)15(31)19(30)34;1-2-5-3-4-5/h2-6,16,31,33,35-37H,1H3,(H,28,29,32);1,5H,3-4H2. The number of terminal acetylenes is 1. The molecular weight excluding hydrogens is 605 g/mol. The van der Waals surface area contributed by atoms with Crippen LogP contribution in [0.1, 0.15) is 40.9 Å². The molecule has 5 rings (SSSR count). The van der Waals surface area contributed by atoms with Gasteiger partial charge in [0.2, 0.25) is 5.13 Å². The van der Waals surface area contributed by atoms with Gasteiger partial charge in [-0.2, -0.15) is 0 Å². The first-order valence-corrected chi connectivity index (χ1v) is 13.2.